The van der Waals surface area contributed by atoms with E-state index >= 15 is 0 Å². The van der Waals surface area contributed by atoms with Crippen LogP contribution in [0.4, 0.5) is 4.79 Å². The summed E-state index contributed by atoms with van der Waals surface area (Å²) in [6, 6.07) is 15.7. The predicted molar refractivity (Wildman–Crippen MR) is 100 cm³/mol. The first-order chi connectivity index (χ1) is 13.1. The van der Waals surface area contributed by atoms with Gasteiger partial charge in [0.1, 0.15) is 12.4 Å². The van der Waals surface area contributed by atoms with Crippen LogP contribution in [0, 0.1) is 0 Å². The molecule has 6 heteroatoms. The van der Waals surface area contributed by atoms with E-state index in [1.807, 2.05) is 48.5 Å². The van der Waals surface area contributed by atoms with Crippen LogP contribution in [0.15, 0.2) is 48.5 Å². The molecule has 2 aliphatic heterocycles. The number of aromatic nitrogens is 1. The number of amides is 3. The fourth-order valence-corrected chi connectivity index (χ4v) is 4.06. The molecule has 2 aromatic carbocycles. The summed E-state index contributed by atoms with van der Waals surface area (Å²) >= 11 is 0. The van der Waals surface area contributed by atoms with Crippen LogP contribution in [0.1, 0.15) is 22.7 Å². The molecule has 3 heterocycles. The van der Waals surface area contributed by atoms with E-state index in [0.717, 1.165) is 33.5 Å². The lowest BCUT2D eigenvalue weighted by Crippen LogP contribution is -2.55. The highest BCUT2D eigenvalue weighted by atomic mass is 16.5. The van der Waals surface area contributed by atoms with E-state index in [4.69, 9.17) is 4.74 Å². The molecule has 1 aromatic heterocycles. The van der Waals surface area contributed by atoms with Gasteiger partial charge in [0.15, 0.2) is 0 Å². The molecule has 1 saturated heterocycles. The van der Waals surface area contributed by atoms with Gasteiger partial charge >= 0.3 is 6.03 Å². The Morgan fingerprint density at radius 1 is 1.15 bits per heavy atom. The Labute approximate surface area is 156 Å². The number of nitrogens with one attached hydrogen (secondary N) is 1. The normalized spacial score (nSPS) is 18.8. The van der Waals surface area contributed by atoms with Crippen molar-refractivity contribution >= 4 is 22.8 Å². The number of imide groups is 1. The van der Waals surface area contributed by atoms with E-state index in [-0.39, 0.29) is 17.9 Å². The Bertz CT molecular complexity index is 1060. The number of ether oxygens (including phenoxy) is 1. The smallest absolute Gasteiger partial charge is 0.326 e. The molecule has 1 fully saturated rings. The summed E-state index contributed by atoms with van der Waals surface area (Å²) < 4.78 is 5.96. The van der Waals surface area contributed by atoms with Gasteiger partial charge in [-0.2, -0.15) is 0 Å². The Balaban J connectivity index is 1.51. The minimum absolute atomic E-state index is 0.145. The second-order valence-electron chi connectivity index (χ2n) is 7.11. The first kappa shape index (κ1) is 15.9. The lowest BCUT2D eigenvalue weighted by molar-refractivity contribution is -0.132. The van der Waals surface area contributed by atoms with E-state index in [1.54, 1.807) is 11.9 Å². The summed E-state index contributed by atoms with van der Waals surface area (Å²) in [4.78, 5) is 31.2. The van der Waals surface area contributed by atoms with Gasteiger partial charge in [-0.1, -0.05) is 30.3 Å². The molecule has 136 valence electrons. The fraction of sp³-hybridized carbons (Fsp3) is 0.238. The van der Waals surface area contributed by atoms with Crippen molar-refractivity contribution in [3.63, 3.8) is 0 Å². The molecule has 0 unspecified atom stereocenters. The van der Waals surface area contributed by atoms with Crippen LogP contribution >= 0.6 is 0 Å². The van der Waals surface area contributed by atoms with Gasteiger partial charge in [-0.15, -0.1) is 0 Å². The number of fused-ring (bicyclic) bond motifs is 6. The maximum absolute atomic E-state index is 12.7. The van der Waals surface area contributed by atoms with E-state index in [2.05, 4.69) is 4.98 Å². The SMILES string of the molecule is CN1C(=O)[C@H]2CN(Cc3[nH]c4ccc(OCc5ccccc5)cc4c32)C1=O. The third-order valence-electron chi connectivity index (χ3n) is 5.43. The summed E-state index contributed by atoms with van der Waals surface area (Å²) in [5, 5.41) is 0.997. The van der Waals surface area contributed by atoms with E-state index < -0.39 is 0 Å². The monoisotopic (exact) mass is 361 g/mol. The highest BCUT2D eigenvalue weighted by molar-refractivity contribution is 6.03. The summed E-state index contributed by atoms with van der Waals surface area (Å²) in [5.41, 5.74) is 4.00. The number of carbonyl (C=O) groups is 2. The second kappa shape index (κ2) is 5.87. The van der Waals surface area contributed by atoms with Crippen molar-refractivity contribution in [3.05, 3.63) is 65.4 Å². The van der Waals surface area contributed by atoms with E-state index in [0.29, 0.717) is 19.7 Å². The van der Waals surface area contributed by atoms with Gasteiger partial charge in [-0.05, 0) is 29.3 Å². The largest absolute Gasteiger partial charge is 0.489 e. The molecular formula is C21H19N3O3. The Kier molecular flexibility index (Phi) is 3.47. The predicted octanol–water partition coefficient (Wildman–Crippen LogP) is 3.24. The summed E-state index contributed by atoms with van der Waals surface area (Å²) in [5.74, 6) is 0.298. The lowest BCUT2D eigenvalue weighted by atomic mass is 9.89. The Morgan fingerprint density at radius 2 is 1.96 bits per heavy atom. The van der Waals surface area contributed by atoms with E-state index in [1.165, 1.54) is 4.90 Å². The number of hydrogen-bond donors (Lipinski definition) is 1. The zero-order chi connectivity index (χ0) is 18.5. The Morgan fingerprint density at radius 3 is 2.78 bits per heavy atom. The van der Waals surface area contributed by atoms with Crippen molar-refractivity contribution in [2.75, 3.05) is 13.6 Å². The summed E-state index contributed by atoms with van der Waals surface area (Å²) in [7, 11) is 1.55. The first-order valence-corrected chi connectivity index (χ1v) is 8.99. The van der Waals surface area contributed by atoms with Crippen molar-refractivity contribution in [1.29, 1.82) is 0 Å². The van der Waals surface area contributed by atoms with Crippen LogP contribution in [0.2, 0.25) is 0 Å². The molecule has 2 bridgehead atoms. The molecule has 3 aromatic rings. The standard InChI is InChI=1S/C21H19N3O3/c1-23-20(25)16-10-24(21(23)26)11-18-19(16)15-9-14(7-8-17(15)22-18)27-12-13-5-3-2-4-6-13/h2-9,16,22H,10-12H2,1H3/t16-/m0/s1. The molecule has 5 rings (SSSR count). The number of carbonyl (C=O) groups excluding carboxylic acids is 2. The van der Waals surface area contributed by atoms with Gasteiger partial charge in [0.2, 0.25) is 5.91 Å². The minimum Gasteiger partial charge on any atom is -0.489 e. The molecule has 27 heavy (non-hydrogen) atoms. The van der Waals surface area contributed by atoms with Crippen LogP contribution in [0.3, 0.4) is 0 Å². The van der Waals surface area contributed by atoms with Crippen LogP contribution in [-0.2, 0) is 17.9 Å². The third kappa shape index (κ3) is 2.48. The minimum atomic E-state index is -0.324. The molecule has 0 saturated carbocycles. The third-order valence-corrected chi connectivity index (χ3v) is 5.43. The molecule has 1 atom stereocenters. The summed E-state index contributed by atoms with van der Waals surface area (Å²) in [6.07, 6.45) is 0. The average molecular weight is 361 g/mol. The molecular weight excluding hydrogens is 342 g/mol. The number of urea groups is 1. The Hall–Kier alpha value is -3.28. The number of nitrogens with zero attached hydrogens (tertiary/aromatic N) is 2. The zero-order valence-corrected chi connectivity index (χ0v) is 14.9. The molecule has 0 spiro atoms. The second-order valence-corrected chi connectivity index (χ2v) is 7.11. The molecule has 6 nitrogen and oxygen atoms in total. The van der Waals surface area contributed by atoms with Crippen LogP contribution in [0.5, 0.6) is 5.75 Å². The number of hydrogen-bond acceptors (Lipinski definition) is 3. The van der Waals surface area contributed by atoms with Gasteiger partial charge in [0, 0.05) is 30.2 Å². The number of aromatic amines is 1. The lowest BCUT2D eigenvalue weighted by Gasteiger charge is -2.40. The average Bonchev–Trinajstić information content (AvgIpc) is 3.07. The topological polar surface area (TPSA) is 65.6 Å². The van der Waals surface area contributed by atoms with Gasteiger partial charge in [0.05, 0.1) is 12.5 Å². The maximum Gasteiger partial charge on any atom is 0.326 e. The molecule has 3 amide bonds. The highest BCUT2D eigenvalue weighted by Gasteiger charge is 2.43. The molecule has 1 N–H and O–H groups in total. The van der Waals surface area contributed by atoms with Crippen LogP contribution in [0.25, 0.3) is 10.9 Å². The highest BCUT2D eigenvalue weighted by Crippen LogP contribution is 2.39. The van der Waals surface area contributed by atoms with Crippen molar-refractivity contribution in [2.24, 2.45) is 0 Å². The number of likely N-dealkylation sites (N-methyl/N-ethyl adjacent to an activating group) is 1. The van der Waals surface area contributed by atoms with Gasteiger partial charge in [-0.3, -0.25) is 9.69 Å². The van der Waals surface area contributed by atoms with Crippen molar-refractivity contribution in [3.8, 4) is 5.75 Å². The molecule has 2 aliphatic rings. The van der Waals surface area contributed by atoms with Crippen molar-refractivity contribution in [1.82, 2.24) is 14.8 Å². The number of rotatable bonds is 3. The van der Waals surface area contributed by atoms with Gasteiger partial charge in [0.25, 0.3) is 0 Å². The molecule has 0 radical (unpaired) electrons. The summed E-state index contributed by atoms with van der Waals surface area (Å²) in [6.45, 7) is 1.43. The van der Waals surface area contributed by atoms with E-state index in [9.17, 15) is 9.59 Å². The van der Waals surface area contributed by atoms with Gasteiger partial charge in [-0.25, -0.2) is 4.79 Å². The van der Waals surface area contributed by atoms with Crippen LogP contribution in [-0.4, -0.2) is 40.3 Å². The first-order valence-electron chi connectivity index (χ1n) is 8.99. The van der Waals surface area contributed by atoms with Crippen molar-refractivity contribution < 1.29 is 14.3 Å². The molecule has 0 aliphatic carbocycles. The van der Waals surface area contributed by atoms with Gasteiger partial charge < -0.3 is 14.6 Å². The number of H-pyrrole nitrogens is 1. The fourth-order valence-electron chi connectivity index (χ4n) is 4.06. The van der Waals surface area contributed by atoms with Crippen LogP contribution < -0.4 is 4.74 Å². The maximum atomic E-state index is 12.7. The quantitative estimate of drug-likeness (QED) is 0.779. The zero-order valence-electron chi connectivity index (χ0n) is 14.9. The van der Waals surface area contributed by atoms with Crippen molar-refractivity contribution in [2.45, 2.75) is 19.1 Å². The number of benzene rings is 2.